The number of benzene rings is 2. The molecule has 5 nitrogen and oxygen atoms in total. The summed E-state index contributed by atoms with van der Waals surface area (Å²) in [7, 11) is -3.24. The molecule has 2 fully saturated rings. The van der Waals surface area contributed by atoms with Crippen LogP contribution in [0.25, 0.3) is 11.1 Å². The molecular formula is C22H26N2O3S. The van der Waals surface area contributed by atoms with E-state index in [1.54, 1.807) is 0 Å². The number of hydrogen-bond donors (Lipinski definition) is 1. The number of hydrogen-bond acceptors (Lipinski definition) is 3. The fourth-order valence-electron chi connectivity index (χ4n) is 4.30. The van der Waals surface area contributed by atoms with E-state index in [0.29, 0.717) is 19.5 Å². The van der Waals surface area contributed by atoms with Crippen molar-refractivity contribution in [3.05, 3.63) is 59.7 Å². The molecule has 2 aromatic carbocycles. The van der Waals surface area contributed by atoms with E-state index < -0.39 is 10.0 Å². The summed E-state index contributed by atoms with van der Waals surface area (Å²) >= 11 is 0. The van der Waals surface area contributed by atoms with Crippen LogP contribution in [0.4, 0.5) is 0 Å². The van der Waals surface area contributed by atoms with Crippen LogP contribution in [-0.2, 0) is 14.8 Å². The quantitative estimate of drug-likeness (QED) is 0.842. The van der Waals surface area contributed by atoms with Gasteiger partial charge in [-0.3, -0.25) is 4.79 Å². The lowest BCUT2D eigenvalue weighted by Crippen LogP contribution is -2.38. The maximum Gasteiger partial charge on any atom is 0.226 e. The van der Waals surface area contributed by atoms with Gasteiger partial charge < -0.3 is 4.90 Å². The minimum absolute atomic E-state index is 0.00272. The molecule has 28 heavy (non-hydrogen) atoms. The molecule has 1 aliphatic carbocycles. The Bertz CT molecular complexity index is 1000. The first-order valence-electron chi connectivity index (χ1n) is 9.74. The number of nitrogens with one attached hydrogen (secondary N) is 1. The highest BCUT2D eigenvalue weighted by atomic mass is 32.2. The van der Waals surface area contributed by atoms with Crippen LogP contribution in [0.5, 0.6) is 0 Å². The standard InChI is InChI=1S/C22H26N2O3S/c1-15-6-5-7-16(12-15)18-8-3-4-9-19(18)20-13-21(20)22(25)24-11-10-17(14-24)23-28(2,26)27/h3-9,12,17,20-21,23H,10-11,13-14H2,1-2H3/t17-,20-,21+/m0/s1. The van der Waals surface area contributed by atoms with Gasteiger partial charge in [-0.05, 0) is 42.4 Å². The summed E-state index contributed by atoms with van der Waals surface area (Å²) in [5.74, 6) is 0.399. The van der Waals surface area contributed by atoms with E-state index in [1.165, 1.54) is 22.3 Å². The van der Waals surface area contributed by atoms with Crippen molar-refractivity contribution in [3.63, 3.8) is 0 Å². The van der Waals surface area contributed by atoms with Gasteiger partial charge in [0.1, 0.15) is 0 Å². The van der Waals surface area contributed by atoms with E-state index in [1.807, 2.05) is 17.0 Å². The van der Waals surface area contributed by atoms with Crippen LogP contribution in [-0.4, -0.2) is 44.6 Å². The van der Waals surface area contributed by atoms with Crippen LogP contribution in [0, 0.1) is 12.8 Å². The number of sulfonamides is 1. The summed E-state index contributed by atoms with van der Waals surface area (Å²) in [6, 6.07) is 16.6. The van der Waals surface area contributed by atoms with Gasteiger partial charge in [-0.25, -0.2) is 13.1 Å². The molecule has 1 N–H and O–H groups in total. The Morgan fingerprint density at radius 1 is 1.14 bits per heavy atom. The summed E-state index contributed by atoms with van der Waals surface area (Å²) in [5.41, 5.74) is 4.84. The summed E-state index contributed by atoms with van der Waals surface area (Å²) in [5, 5.41) is 0. The zero-order valence-corrected chi connectivity index (χ0v) is 17.1. The molecule has 1 saturated heterocycles. The third kappa shape index (κ3) is 4.13. The molecule has 2 aromatic rings. The van der Waals surface area contributed by atoms with E-state index in [-0.39, 0.29) is 23.8 Å². The van der Waals surface area contributed by atoms with Crippen molar-refractivity contribution in [1.29, 1.82) is 0 Å². The Labute approximate surface area is 166 Å². The summed E-state index contributed by atoms with van der Waals surface area (Å²) in [6.07, 6.45) is 2.70. The molecule has 3 atom stereocenters. The molecule has 6 heteroatoms. The third-order valence-corrected chi connectivity index (χ3v) is 6.44. The Hall–Kier alpha value is -2.18. The maximum absolute atomic E-state index is 13.0. The predicted molar refractivity (Wildman–Crippen MR) is 110 cm³/mol. The molecule has 1 amide bonds. The van der Waals surface area contributed by atoms with E-state index in [9.17, 15) is 13.2 Å². The highest BCUT2D eigenvalue weighted by Gasteiger charge is 2.47. The number of rotatable bonds is 5. The molecule has 1 aliphatic heterocycles. The van der Waals surface area contributed by atoms with Gasteiger partial charge in [-0.1, -0.05) is 54.1 Å². The number of carbonyl (C=O) groups is 1. The third-order valence-electron chi connectivity index (χ3n) is 5.68. The number of aryl methyl sites for hydroxylation is 1. The van der Waals surface area contributed by atoms with Gasteiger partial charge in [0.05, 0.1) is 6.26 Å². The SMILES string of the molecule is Cc1cccc(-c2ccccc2[C@@H]2C[C@H]2C(=O)N2CC[C@H](NS(C)(=O)=O)C2)c1. The van der Waals surface area contributed by atoms with Crippen LogP contribution < -0.4 is 4.72 Å². The molecule has 1 heterocycles. The van der Waals surface area contributed by atoms with Gasteiger partial charge in [-0.2, -0.15) is 0 Å². The lowest BCUT2D eigenvalue weighted by atomic mass is 9.95. The fourth-order valence-corrected chi connectivity index (χ4v) is 5.10. The Balaban J connectivity index is 1.47. The monoisotopic (exact) mass is 398 g/mol. The first-order chi connectivity index (χ1) is 13.3. The Morgan fingerprint density at radius 3 is 2.68 bits per heavy atom. The van der Waals surface area contributed by atoms with Crippen LogP contribution in [0.15, 0.2) is 48.5 Å². The molecule has 2 aliphatic rings. The Kier molecular flexibility index (Phi) is 5.02. The maximum atomic E-state index is 13.0. The molecule has 0 bridgehead atoms. The smallest absolute Gasteiger partial charge is 0.226 e. The highest BCUT2D eigenvalue weighted by Crippen LogP contribution is 2.51. The molecule has 0 unspecified atom stereocenters. The zero-order chi connectivity index (χ0) is 19.9. The first kappa shape index (κ1) is 19.2. The molecule has 0 radical (unpaired) electrons. The predicted octanol–water partition coefficient (Wildman–Crippen LogP) is 2.92. The lowest BCUT2D eigenvalue weighted by molar-refractivity contribution is -0.131. The van der Waals surface area contributed by atoms with Crippen LogP contribution in [0.2, 0.25) is 0 Å². The highest BCUT2D eigenvalue weighted by molar-refractivity contribution is 7.88. The number of nitrogens with zero attached hydrogens (tertiary/aromatic N) is 1. The van der Waals surface area contributed by atoms with Crippen molar-refractivity contribution in [3.8, 4) is 11.1 Å². The summed E-state index contributed by atoms with van der Waals surface area (Å²) in [6.45, 7) is 3.17. The molecular weight excluding hydrogens is 372 g/mol. The van der Waals surface area contributed by atoms with Crippen molar-refractivity contribution in [2.45, 2.75) is 31.7 Å². The second-order valence-electron chi connectivity index (χ2n) is 8.07. The van der Waals surface area contributed by atoms with Crippen LogP contribution >= 0.6 is 0 Å². The van der Waals surface area contributed by atoms with Gasteiger partial charge in [0.15, 0.2) is 0 Å². The van der Waals surface area contributed by atoms with E-state index >= 15 is 0 Å². The van der Waals surface area contributed by atoms with Crippen molar-refractivity contribution >= 4 is 15.9 Å². The molecule has 148 valence electrons. The largest absolute Gasteiger partial charge is 0.341 e. The summed E-state index contributed by atoms with van der Waals surface area (Å²) in [4.78, 5) is 14.8. The molecule has 4 rings (SSSR count). The zero-order valence-electron chi connectivity index (χ0n) is 16.3. The molecule has 1 saturated carbocycles. The number of carbonyl (C=O) groups excluding carboxylic acids is 1. The van der Waals surface area contributed by atoms with Crippen molar-refractivity contribution in [1.82, 2.24) is 9.62 Å². The van der Waals surface area contributed by atoms with Crippen molar-refractivity contribution in [2.24, 2.45) is 5.92 Å². The van der Waals surface area contributed by atoms with Gasteiger partial charge in [0.2, 0.25) is 15.9 Å². The number of amides is 1. The number of likely N-dealkylation sites (tertiary alicyclic amines) is 1. The molecule has 0 aromatic heterocycles. The van der Waals surface area contributed by atoms with Crippen molar-refractivity contribution < 1.29 is 13.2 Å². The van der Waals surface area contributed by atoms with E-state index in [2.05, 4.69) is 48.0 Å². The van der Waals surface area contributed by atoms with Crippen molar-refractivity contribution in [2.75, 3.05) is 19.3 Å². The van der Waals surface area contributed by atoms with Gasteiger partial charge in [0.25, 0.3) is 0 Å². The normalized spacial score (nSPS) is 24.4. The van der Waals surface area contributed by atoms with Gasteiger partial charge in [-0.15, -0.1) is 0 Å². The average molecular weight is 399 g/mol. The second kappa shape index (κ2) is 7.33. The topological polar surface area (TPSA) is 66.5 Å². The average Bonchev–Trinajstić information content (AvgIpc) is 3.32. The van der Waals surface area contributed by atoms with Crippen LogP contribution in [0.3, 0.4) is 0 Å². The van der Waals surface area contributed by atoms with E-state index in [0.717, 1.165) is 12.7 Å². The fraction of sp³-hybridized carbons (Fsp3) is 0.409. The van der Waals surface area contributed by atoms with Crippen LogP contribution in [0.1, 0.15) is 29.9 Å². The minimum Gasteiger partial charge on any atom is -0.341 e. The minimum atomic E-state index is -3.24. The second-order valence-corrected chi connectivity index (χ2v) is 9.85. The Morgan fingerprint density at radius 2 is 1.93 bits per heavy atom. The lowest BCUT2D eigenvalue weighted by Gasteiger charge is -2.17. The van der Waals surface area contributed by atoms with E-state index in [4.69, 9.17) is 0 Å². The molecule has 0 spiro atoms. The van der Waals surface area contributed by atoms with Gasteiger partial charge in [0, 0.05) is 25.0 Å². The van der Waals surface area contributed by atoms with Gasteiger partial charge >= 0.3 is 0 Å². The summed E-state index contributed by atoms with van der Waals surface area (Å²) < 4.78 is 25.5. The first-order valence-corrected chi connectivity index (χ1v) is 11.6.